The lowest BCUT2D eigenvalue weighted by atomic mass is 9.91. The highest BCUT2D eigenvalue weighted by atomic mass is 16.6. The Morgan fingerprint density at radius 3 is 2.30 bits per heavy atom. The molecule has 2 heterocycles. The van der Waals surface area contributed by atoms with Gasteiger partial charge in [0.1, 0.15) is 24.6 Å². The van der Waals surface area contributed by atoms with Gasteiger partial charge in [-0.05, 0) is 26.7 Å². The van der Waals surface area contributed by atoms with E-state index in [-0.39, 0.29) is 5.60 Å². The average molecular weight is 270 g/mol. The van der Waals surface area contributed by atoms with E-state index in [0.717, 1.165) is 46.4 Å². The summed E-state index contributed by atoms with van der Waals surface area (Å²) < 4.78 is 18.0. The molecule has 0 radical (unpaired) electrons. The third kappa shape index (κ3) is 1.65. The van der Waals surface area contributed by atoms with Crippen LogP contribution in [-0.4, -0.2) is 18.8 Å². The Kier molecular flexibility index (Phi) is 2.40. The molecular formula is C17H18O3. The maximum absolute atomic E-state index is 6.26. The summed E-state index contributed by atoms with van der Waals surface area (Å²) in [4.78, 5) is 0. The number of hydrogen-bond acceptors (Lipinski definition) is 3. The highest BCUT2D eigenvalue weighted by Gasteiger charge is 2.33. The number of fused-ring (bicyclic) bond motifs is 6. The first-order valence-electron chi connectivity index (χ1n) is 7.18. The molecule has 0 bridgehead atoms. The zero-order valence-corrected chi connectivity index (χ0v) is 11.9. The highest BCUT2D eigenvalue weighted by Crippen LogP contribution is 2.50. The largest absolute Gasteiger partial charge is 0.487 e. The van der Waals surface area contributed by atoms with Crippen molar-refractivity contribution in [1.82, 2.24) is 0 Å². The van der Waals surface area contributed by atoms with Crippen LogP contribution in [0.3, 0.4) is 0 Å². The van der Waals surface area contributed by atoms with Gasteiger partial charge < -0.3 is 14.2 Å². The molecule has 0 spiro atoms. The van der Waals surface area contributed by atoms with Gasteiger partial charge in [-0.3, -0.25) is 0 Å². The van der Waals surface area contributed by atoms with E-state index < -0.39 is 0 Å². The zero-order valence-electron chi connectivity index (χ0n) is 11.9. The van der Waals surface area contributed by atoms with E-state index in [9.17, 15) is 0 Å². The molecule has 0 amide bonds. The van der Waals surface area contributed by atoms with Crippen molar-refractivity contribution in [2.75, 3.05) is 13.2 Å². The Hall–Kier alpha value is -1.90. The normalized spacial score (nSPS) is 19.3. The standard InChI is InChI=1S/C17H18O3/c1-17(2)8-7-13-14(20-17)11-5-3-4-6-12(11)15-16(13)19-10-9-18-15/h3-6H,7-10H2,1-2H3. The van der Waals surface area contributed by atoms with Gasteiger partial charge in [0.05, 0.1) is 0 Å². The van der Waals surface area contributed by atoms with Crippen molar-refractivity contribution in [3.63, 3.8) is 0 Å². The molecule has 0 atom stereocenters. The third-order valence-corrected chi connectivity index (χ3v) is 4.10. The van der Waals surface area contributed by atoms with Crippen molar-refractivity contribution < 1.29 is 14.2 Å². The summed E-state index contributed by atoms with van der Waals surface area (Å²) in [6, 6.07) is 8.26. The van der Waals surface area contributed by atoms with Crippen molar-refractivity contribution in [1.29, 1.82) is 0 Å². The van der Waals surface area contributed by atoms with Crippen molar-refractivity contribution in [3.8, 4) is 17.2 Å². The van der Waals surface area contributed by atoms with Crippen LogP contribution < -0.4 is 14.2 Å². The second-order valence-electron chi connectivity index (χ2n) is 6.07. The molecule has 0 saturated heterocycles. The fourth-order valence-corrected chi connectivity index (χ4v) is 3.08. The zero-order chi connectivity index (χ0) is 13.7. The SMILES string of the molecule is CC1(C)CCc2c3c(c4ccccc4c2O1)OCCO3. The quantitative estimate of drug-likeness (QED) is 0.730. The van der Waals surface area contributed by atoms with Crippen LogP contribution in [-0.2, 0) is 6.42 Å². The Morgan fingerprint density at radius 2 is 1.55 bits per heavy atom. The van der Waals surface area contributed by atoms with Gasteiger partial charge in [0.2, 0.25) is 0 Å². The first-order chi connectivity index (χ1) is 9.66. The van der Waals surface area contributed by atoms with E-state index in [4.69, 9.17) is 14.2 Å². The number of hydrogen-bond donors (Lipinski definition) is 0. The van der Waals surface area contributed by atoms with Gasteiger partial charge in [-0.15, -0.1) is 0 Å². The maximum Gasteiger partial charge on any atom is 0.169 e. The topological polar surface area (TPSA) is 27.7 Å². The number of benzene rings is 2. The number of rotatable bonds is 0. The van der Waals surface area contributed by atoms with Crippen LogP contribution in [0.15, 0.2) is 24.3 Å². The molecule has 2 aliphatic heterocycles. The summed E-state index contributed by atoms with van der Waals surface area (Å²) in [6.45, 7) is 5.51. The summed E-state index contributed by atoms with van der Waals surface area (Å²) in [5.41, 5.74) is 1.04. The first kappa shape index (κ1) is 11.9. The minimum absolute atomic E-state index is 0.125. The fourth-order valence-electron chi connectivity index (χ4n) is 3.08. The van der Waals surface area contributed by atoms with Gasteiger partial charge in [0.15, 0.2) is 11.5 Å². The molecule has 2 aromatic carbocycles. The highest BCUT2D eigenvalue weighted by molar-refractivity contribution is 5.97. The van der Waals surface area contributed by atoms with E-state index in [1.54, 1.807) is 0 Å². The molecule has 0 aromatic heterocycles. The molecule has 2 aliphatic rings. The van der Waals surface area contributed by atoms with Crippen LogP contribution in [0.5, 0.6) is 17.2 Å². The van der Waals surface area contributed by atoms with Crippen LogP contribution in [0.25, 0.3) is 10.8 Å². The molecule has 104 valence electrons. The second kappa shape index (κ2) is 4.05. The van der Waals surface area contributed by atoms with Crippen LogP contribution in [0, 0.1) is 0 Å². The van der Waals surface area contributed by atoms with Gasteiger partial charge in [0.25, 0.3) is 0 Å². The average Bonchev–Trinajstić information content (AvgIpc) is 2.46. The molecule has 3 nitrogen and oxygen atoms in total. The van der Waals surface area contributed by atoms with Crippen LogP contribution in [0.2, 0.25) is 0 Å². The summed E-state index contributed by atoms with van der Waals surface area (Å²) in [5.74, 6) is 2.75. The Morgan fingerprint density at radius 1 is 0.900 bits per heavy atom. The summed E-state index contributed by atoms with van der Waals surface area (Å²) >= 11 is 0. The minimum Gasteiger partial charge on any atom is -0.487 e. The predicted octanol–water partition coefficient (Wildman–Crippen LogP) is 3.71. The van der Waals surface area contributed by atoms with Crippen LogP contribution in [0.1, 0.15) is 25.8 Å². The molecule has 4 rings (SSSR count). The van der Waals surface area contributed by atoms with Crippen LogP contribution >= 0.6 is 0 Å². The fraction of sp³-hybridized carbons (Fsp3) is 0.412. The van der Waals surface area contributed by atoms with Crippen molar-refractivity contribution in [3.05, 3.63) is 29.8 Å². The van der Waals surface area contributed by atoms with Gasteiger partial charge in [-0.1, -0.05) is 24.3 Å². The van der Waals surface area contributed by atoms with Crippen molar-refractivity contribution >= 4 is 10.8 Å². The minimum atomic E-state index is -0.125. The molecule has 0 aliphatic carbocycles. The van der Waals surface area contributed by atoms with E-state index in [1.165, 1.54) is 0 Å². The summed E-state index contributed by atoms with van der Waals surface area (Å²) in [7, 11) is 0. The summed E-state index contributed by atoms with van der Waals surface area (Å²) in [5, 5.41) is 2.21. The number of ether oxygens (including phenoxy) is 3. The lowest BCUT2D eigenvalue weighted by molar-refractivity contribution is 0.0834. The molecule has 0 fully saturated rings. The maximum atomic E-state index is 6.26. The molecule has 0 saturated carbocycles. The molecular weight excluding hydrogens is 252 g/mol. The van der Waals surface area contributed by atoms with Gasteiger partial charge in [0, 0.05) is 16.3 Å². The van der Waals surface area contributed by atoms with E-state index >= 15 is 0 Å². The first-order valence-corrected chi connectivity index (χ1v) is 7.18. The van der Waals surface area contributed by atoms with Crippen molar-refractivity contribution in [2.24, 2.45) is 0 Å². The molecule has 20 heavy (non-hydrogen) atoms. The third-order valence-electron chi connectivity index (χ3n) is 4.10. The van der Waals surface area contributed by atoms with E-state index in [0.29, 0.717) is 13.2 Å². The Labute approximate surface area is 118 Å². The Balaban J connectivity index is 2.06. The lowest BCUT2D eigenvalue weighted by Crippen LogP contribution is -2.33. The van der Waals surface area contributed by atoms with Gasteiger partial charge >= 0.3 is 0 Å². The summed E-state index contributed by atoms with van der Waals surface area (Å²) in [6.07, 6.45) is 1.97. The van der Waals surface area contributed by atoms with Gasteiger partial charge in [-0.2, -0.15) is 0 Å². The molecule has 2 aromatic rings. The van der Waals surface area contributed by atoms with Crippen LogP contribution in [0.4, 0.5) is 0 Å². The molecule has 0 N–H and O–H groups in total. The molecule has 3 heteroatoms. The van der Waals surface area contributed by atoms with E-state index in [1.807, 2.05) is 12.1 Å². The smallest absolute Gasteiger partial charge is 0.169 e. The lowest BCUT2D eigenvalue weighted by Gasteiger charge is -2.35. The predicted molar refractivity (Wildman–Crippen MR) is 78.0 cm³/mol. The Bertz CT molecular complexity index is 688. The van der Waals surface area contributed by atoms with E-state index in [2.05, 4.69) is 26.0 Å². The molecule has 0 unspecified atom stereocenters. The second-order valence-corrected chi connectivity index (χ2v) is 6.07. The monoisotopic (exact) mass is 270 g/mol. The van der Waals surface area contributed by atoms with Crippen molar-refractivity contribution in [2.45, 2.75) is 32.3 Å². The van der Waals surface area contributed by atoms with Gasteiger partial charge in [-0.25, -0.2) is 0 Å².